The molecule has 1 aromatic rings. The average molecular weight is 318 g/mol. The maximum Gasteiger partial charge on any atom is 0.225 e. The van der Waals surface area contributed by atoms with E-state index in [9.17, 15) is 9.59 Å². The third-order valence-electron chi connectivity index (χ3n) is 4.21. The molecule has 1 fully saturated rings. The van der Waals surface area contributed by atoms with E-state index in [1.165, 1.54) is 0 Å². The Labute approximate surface area is 138 Å². The molecule has 1 aliphatic heterocycles. The van der Waals surface area contributed by atoms with E-state index < -0.39 is 0 Å². The minimum atomic E-state index is -0.246. The first-order valence-corrected chi connectivity index (χ1v) is 8.18. The monoisotopic (exact) mass is 318 g/mol. The largest absolute Gasteiger partial charge is 0.496 e. The first kappa shape index (κ1) is 17.3. The summed E-state index contributed by atoms with van der Waals surface area (Å²) in [5.74, 6) is 1.10. The van der Waals surface area contributed by atoms with Gasteiger partial charge in [0.1, 0.15) is 5.75 Å². The molecule has 2 rings (SSSR count). The molecule has 1 saturated heterocycles. The molecule has 2 amide bonds. The van der Waals surface area contributed by atoms with Gasteiger partial charge in [-0.2, -0.15) is 0 Å². The Morgan fingerprint density at radius 1 is 1.39 bits per heavy atom. The van der Waals surface area contributed by atoms with Gasteiger partial charge in [-0.1, -0.05) is 32.0 Å². The smallest absolute Gasteiger partial charge is 0.225 e. The summed E-state index contributed by atoms with van der Waals surface area (Å²) in [6, 6.07) is 7.60. The van der Waals surface area contributed by atoms with Crippen LogP contribution in [0.1, 0.15) is 32.3 Å². The third kappa shape index (κ3) is 4.71. The molecule has 0 spiro atoms. The highest BCUT2D eigenvalue weighted by atomic mass is 16.5. The maximum atomic E-state index is 12.3. The zero-order valence-electron chi connectivity index (χ0n) is 14.2. The van der Waals surface area contributed by atoms with Crippen molar-refractivity contribution in [2.45, 2.75) is 33.2 Å². The van der Waals surface area contributed by atoms with Gasteiger partial charge >= 0.3 is 0 Å². The van der Waals surface area contributed by atoms with Gasteiger partial charge in [-0.05, 0) is 18.4 Å². The summed E-state index contributed by atoms with van der Waals surface area (Å²) < 4.78 is 5.28. The van der Waals surface area contributed by atoms with Crippen LogP contribution in [-0.4, -0.2) is 36.9 Å². The van der Waals surface area contributed by atoms with Crippen LogP contribution < -0.4 is 10.1 Å². The molecule has 5 nitrogen and oxygen atoms in total. The number of hydrogen-bond acceptors (Lipinski definition) is 3. The summed E-state index contributed by atoms with van der Waals surface area (Å²) in [4.78, 5) is 26.1. The molecule has 23 heavy (non-hydrogen) atoms. The molecule has 1 aliphatic rings. The zero-order chi connectivity index (χ0) is 16.8. The molecule has 126 valence electrons. The van der Waals surface area contributed by atoms with Gasteiger partial charge in [0.2, 0.25) is 11.8 Å². The summed E-state index contributed by atoms with van der Waals surface area (Å²) in [6.07, 6.45) is 1.29. The Hall–Kier alpha value is -2.04. The van der Waals surface area contributed by atoms with Gasteiger partial charge in [-0.25, -0.2) is 0 Å². The number of carbonyl (C=O) groups is 2. The van der Waals surface area contributed by atoms with Crippen molar-refractivity contribution in [2.24, 2.45) is 11.8 Å². The number of amides is 2. The van der Waals surface area contributed by atoms with Crippen molar-refractivity contribution in [1.82, 2.24) is 10.2 Å². The molecule has 0 saturated carbocycles. The van der Waals surface area contributed by atoms with E-state index >= 15 is 0 Å². The van der Waals surface area contributed by atoms with Crippen LogP contribution in [-0.2, 0) is 16.1 Å². The number of ether oxygens (including phenoxy) is 1. The van der Waals surface area contributed by atoms with Crippen LogP contribution in [0.5, 0.6) is 5.75 Å². The lowest BCUT2D eigenvalue weighted by molar-refractivity contribution is -0.129. The lowest BCUT2D eigenvalue weighted by atomic mass is 10.1. The van der Waals surface area contributed by atoms with Gasteiger partial charge in [0, 0.05) is 31.6 Å². The van der Waals surface area contributed by atoms with E-state index in [0.717, 1.165) is 24.3 Å². The molecule has 1 atom stereocenters. The zero-order valence-corrected chi connectivity index (χ0v) is 14.2. The first-order valence-electron chi connectivity index (χ1n) is 8.18. The van der Waals surface area contributed by atoms with Crippen molar-refractivity contribution in [3.8, 4) is 5.75 Å². The van der Waals surface area contributed by atoms with E-state index in [-0.39, 0.29) is 17.7 Å². The second-order valence-corrected chi connectivity index (χ2v) is 6.45. The van der Waals surface area contributed by atoms with Crippen molar-refractivity contribution < 1.29 is 14.3 Å². The fourth-order valence-electron chi connectivity index (χ4n) is 2.75. The van der Waals surface area contributed by atoms with Crippen LogP contribution in [0.15, 0.2) is 24.3 Å². The van der Waals surface area contributed by atoms with Gasteiger partial charge < -0.3 is 15.0 Å². The molecule has 0 aromatic heterocycles. The normalized spacial score (nSPS) is 17.7. The van der Waals surface area contributed by atoms with Gasteiger partial charge in [-0.15, -0.1) is 0 Å². The van der Waals surface area contributed by atoms with Gasteiger partial charge in [0.15, 0.2) is 0 Å². The lowest BCUT2D eigenvalue weighted by Gasteiger charge is -2.17. The van der Waals surface area contributed by atoms with E-state index in [4.69, 9.17) is 4.74 Å². The molecule has 1 N–H and O–H groups in total. The van der Waals surface area contributed by atoms with Crippen molar-refractivity contribution in [2.75, 3.05) is 20.2 Å². The quantitative estimate of drug-likeness (QED) is 0.838. The molecule has 0 bridgehead atoms. The van der Waals surface area contributed by atoms with E-state index in [1.807, 2.05) is 29.2 Å². The Morgan fingerprint density at radius 3 is 2.83 bits per heavy atom. The van der Waals surface area contributed by atoms with Crippen molar-refractivity contribution >= 4 is 11.8 Å². The fourth-order valence-corrected chi connectivity index (χ4v) is 2.75. The Balaban J connectivity index is 1.85. The number of carbonyl (C=O) groups excluding carboxylic acids is 2. The Bertz CT molecular complexity index is 557. The molecule has 5 heteroatoms. The number of rotatable bonds is 7. The van der Waals surface area contributed by atoms with Crippen molar-refractivity contribution in [3.63, 3.8) is 0 Å². The highest BCUT2D eigenvalue weighted by Gasteiger charge is 2.33. The SMILES string of the molecule is COc1ccccc1CNC(=O)C1CC(=O)N(CCC(C)C)C1. The van der Waals surface area contributed by atoms with Gasteiger partial charge in [0.05, 0.1) is 13.0 Å². The van der Waals surface area contributed by atoms with Crippen molar-refractivity contribution in [1.29, 1.82) is 0 Å². The van der Waals surface area contributed by atoms with Crippen LogP contribution in [0.25, 0.3) is 0 Å². The summed E-state index contributed by atoms with van der Waals surface area (Å²) in [7, 11) is 1.61. The summed E-state index contributed by atoms with van der Waals surface area (Å²) in [5, 5.41) is 2.92. The summed E-state index contributed by atoms with van der Waals surface area (Å²) in [6.45, 7) is 5.96. The first-order chi connectivity index (χ1) is 11.0. The third-order valence-corrected chi connectivity index (χ3v) is 4.21. The minimum absolute atomic E-state index is 0.0590. The van der Waals surface area contributed by atoms with Gasteiger partial charge in [0.25, 0.3) is 0 Å². The molecule has 0 radical (unpaired) electrons. The highest BCUT2D eigenvalue weighted by Crippen LogP contribution is 2.20. The number of methoxy groups -OCH3 is 1. The fraction of sp³-hybridized carbons (Fsp3) is 0.556. The summed E-state index contributed by atoms with van der Waals surface area (Å²) >= 11 is 0. The maximum absolute atomic E-state index is 12.3. The van der Waals surface area contributed by atoms with Crippen LogP contribution >= 0.6 is 0 Å². The second kappa shape index (κ2) is 7.99. The number of para-hydroxylation sites is 1. The highest BCUT2D eigenvalue weighted by molar-refractivity contribution is 5.89. The topological polar surface area (TPSA) is 58.6 Å². The molecular weight excluding hydrogens is 292 g/mol. The van der Waals surface area contributed by atoms with Crippen LogP contribution in [0.2, 0.25) is 0 Å². The second-order valence-electron chi connectivity index (χ2n) is 6.45. The standard InChI is InChI=1S/C18H26N2O3/c1-13(2)8-9-20-12-15(10-17(20)21)18(22)19-11-14-6-4-5-7-16(14)23-3/h4-7,13,15H,8-12H2,1-3H3,(H,19,22). The number of likely N-dealkylation sites (tertiary alicyclic amines) is 1. The van der Waals surface area contributed by atoms with E-state index in [2.05, 4.69) is 19.2 Å². The minimum Gasteiger partial charge on any atom is -0.496 e. The van der Waals surface area contributed by atoms with Crippen LogP contribution in [0.4, 0.5) is 0 Å². The number of benzene rings is 1. The van der Waals surface area contributed by atoms with Crippen LogP contribution in [0, 0.1) is 11.8 Å². The average Bonchev–Trinajstić information content (AvgIpc) is 2.92. The molecule has 0 aliphatic carbocycles. The van der Waals surface area contributed by atoms with E-state index in [0.29, 0.717) is 25.4 Å². The Morgan fingerprint density at radius 2 is 2.13 bits per heavy atom. The number of nitrogens with zero attached hydrogens (tertiary/aromatic N) is 1. The van der Waals surface area contributed by atoms with Crippen LogP contribution in [0.3, 0.4) is 0 Å². The van der Waals surface area contributed by atoms with Gasteiger partial charge in [-0.3, -0.25) is 9.59 Å². The van der Waals surface area contributed by atoms with Crippen molar-refractivity contribution in [3.05, 3.63) is 29.8 Å². The molecular formula is C18H26N2O3. The molecule has 1 heterocycles. The number of hydrogen-bond donors (Lipinski definition) is 1. The van der Waals surface area contributed by atoms with E-state index in [1.54, 1.807) is 7.11 Å². The number of nitrogens with one attached hydrogen (secondary N) is 1. The molecule has 1 aromatic carbocycles. The molecule has 1 unspecified atom stereocenters. The summed E-state index contributed by atoms with van der Waals surface area (Å²) in [5.41, 5.74) is 0.935. The predicted octanol–water partition coefficient (Wildman–Crippen LogP) is 2.21. The predicted molar refractivity (Wildman–Crippen MR) is 89.0 cm³/mol. The Kier molecular flexibility index (Phi) is 6.02. The lowest BCUT2D eigenvalue weighted by Crippen LogP contribution is -2.33.